The molecule has 160 valence electrons. The average molecular weight is 418 g/mol. The van der Waals surface area contributed by atoms with E-state index in [1.54, 1.807) is 31.4 Å². The lowest BCUT2D eigenvalue weighted by molar-refractivity contribution is -0.159. The van der Waals surface area contributed by atoms with Gasteiger partial charge in [-0.3, -0.25) is 9.69 Å². The molecule has 0 unspecified atom stereocenters. The van der Waals surface area contributed by atoms with Crippen LogP contribution >= 0.6 is 0 Å². The number of amides is 1. The molecule has 0 saturated carbocycles. The Morgan fingerprint density at radius 1 is 0.900 bits per heavy atom. The Hall–Kier alpha value is -3.46. The minimum Gasteiger partial charge on any atom is -0.497 e. The monoisotopic (exact) mass is 418 g/mol. The third kappa shape index (κ3) is 6.85. The number of benzene rings is 2. The molecule has 3 rings (SSSR count). The standard InChI is InChI=1S/C19H21FN2O2.C2H2O4/c1-24-18-8-4-16(5-9-18)19(23)22-12-10-21(11-13-22)14-15-2-6-17(20)7-3-15;3-1(4)2(5)6/h2-9H,10-14H2,1H3;(H,3,4)(H,5,6). The second kappa shape index (κ2) is 10.9. The molecule has 1 fully saturated rings. The fourth-order valence-corrected chi connectivity index (χ4v) is 2.87. The Balaban J connectivity index is 0.000000469. The van der Waals surface area contributed by atoms with Crippen LogP contribution in [0.25, 0.3) is 0 Å². The van der Waals surface area contributed by atoms with Gasteiger partial charge in [-0.2, -0.15) is 0 Å². The zero-order valence-electron chi connectivity index (χ0n) is 16.5. The number of carbonyl (C=O) groups is 3. The Morgan fingerprint density at radius 3 is 1.90 bits per heavy atom. The van der Waals surface area contributed by atoms with Gasteiger partial charge in [0.15, 0.2) is 0 Å². The largest absolute Gasteiger partial charge is 0.497 e. The van der Waals surface area contributed by atoms with Crippen LogP contribution in [0.3, 0.4) is 0 Å². The first-order valence-electron chi connectivity index (χ1n) is 9.16. The van der Waals surface area contributed by atoms with E-state index < -0.39 is 11.9 Å². The van der Waals surface area contributed by atoms with Crippen LogP contribution in [0.5, 0.6) is 5.75 Å². The van der Waals surface area contributed by atoms with Gasteiger partial charge in [-0.25, -0.2) is 14.0 Å². The van der Waals surface area contributed by atoms with Gasteiger partial charge in [-0.15, -0.1) is 0 Å². The Bertz CT molecular complexity index is 850. The van der Waals surface area contributed by atoms with Crippen molar-refractivity contribution in [1.29, 1.82) is 0 Å². The summed E-state index contributed by atoms with van der Waals surface area (Å²) in [5.41, 5.74) is 1.77. The molecule has 0 aliphatic carbocycles. The van der Waals surface area contributed by atoms with Crippen LogP contribution in [0.4, 0.5) is 4.39 Å². The van der Waals surface area contributed by atoms with Crippen molar-refractivity contribution in [3.63, 3.8) is 0 Å². The highest BCUT2D eigenvalue weighted by Crippen LogP contribution is 2.15. The number of rotatable bonds is 4. The molecule has 30 heavy (non-hydrogen) atoms. The van der Waals surface area contributed by atoms with Crippen LogP contribution < -0.4 is 4.74 Å². The van der Waals surface area contributed by atoms with Crippen LogP contribution in [0.2, 0.25) is 0 Å². The lowest BCUT2D eigenvalue weighted by Gasteiger charge is -2.34. The van der Waals surface area contributed by atoms with Crippen molar-refractivity contribution >= 4 is 17.8 Å². The van der Waals surface area contributed by atoms with Gasteiger partial charge in [-0.1, -0.05) is 12.1 Å². The zero-order valence-corrected chi connectivity index (χ0v) is 16.5. The van der Waals surface area contributed by atoms with E-state index in [0.29, 0.717) is 18.7 Å². The van der Waals surface area contributed by atoms with Gasteiger partial charge in [0.2, 0.25) is 0 Å². The van der Waals surface area contributed by atoms with Gasteiger partial charge in [0.05, 0.1) is 7.11 Å². The SMILES string of the molecule is COc1ccc(C(=O)N2CCN(Cc3ccc(F)cc3)CC2)cc1.O=C(O)C(=O)O. The number of nitrogens with zero attached hydrogens (tertiary/aromatic N) is 2. The number of hydrogen-bond acceptors (Lipinski definition) is 5. The summed E-state index contributed by atoms with van der Waals surface area (Å²) >= 11 is 0. The number of ether oxygens (including phenoxy) is 1. The van der Waals surface area contributed by atoms with Crippen molar-refractivity contribution in [3.8, 4) is 5.75 Å². The van der Waals surface area contributed by atoms with Crippen LogP contribution in [-0.2, 0) is 16.1 Å². The van der Waals surface area contributed by atoms with Crippen LogP contribution in [0, 0.1) is 5.82 Å². The summed E-state index contributed by atoms with van der Waals surface area (Å²) in [4.78, 5) is 34.9. The van der Waals surface area contributed by atoms with Crippen molar-refractivity contribution in [2.45, 2.75) is 6.54 Å². The first-order chi connectivity index (χ1) is 14.3. The van der Waals surface area contributed by atoms with Crippen molar-refractivity contribution in [1.82, 2.24) is 9.80 Å². The van der Waals surface area contributed by atoms with Crippen LogP contribution in [0.15, 0.2) is 48.5 Å². The van der Waals surface area contributed by atoms with Gasteiger partial charge in [0, 0.05) is 38.3 Å². The van der Waals surface area contributed by atoms with Crippen LogP contribution in [-0.4, -0.2) is 71.1 Å². The highest BCUT2D eigenvalue weighted by molar-refractivity contribution is 6.27. The number of methoxy groups -OCH3 is 1. The molecule has 1 amide bonds. The average Bonchev–Trinajstić information content (AvgIpc) is 2.76. The van der Waals surface area contributed by atoms with E-state index in [0.717, 1.165) is 30.9 Å². The lowest BCUT2D eigenvalue weighted by atomic mass is 10.1. The summed E-state index contributed by atoms with van der Waals surface area (Å²) in [5, 5.41) is 14.8. The van der Waals surface area contributed by atoms with Crippen molar-refractivity contribution in [2.75, 3.05) is 33.3 Å². The minimum atomic E-state index is -1.82. The van der Waals surface area contributed by atoms with E-state index in [-0.39, 0.29) is 11.7 Å². The third-order valence-corrected chi connectivity index (χ3v) is 4.50. The predicted octanol–water partition coefficient (Wildman–Crippen LogP) is 1.95. The molecule has 1 saturated heterocycles. The maximum Gasteiger partial charge on any atom is 0.414 e. The van der Waals surface area contributed by atoms with Crippen molar-refractivity contribution < 1.29 is 33.7 Å². The molecule has 8 nitrogen and oxygen atoms in total. The smallest absolute Gasteiger partial charge is 0.414 e. The van der Waals surface area contributed by atoms with Gasteiger partial charge < -0.3 is 19.8 Å². The topological polar surface area (TPSA) is 107 Å². The fourth-order valence-electron chi connectivity index (χ4n) is 2.87. The van der Waals surface area contributed by atoms with E-state index in [4.69, 9.17) is 24.5 Å². The van der Waals surface area contributed by atoms with Crippen molar-refractivity contribution in [3.05, 3.63) is 65.5 Å². The van der Waals surface area contributed by atoms with Gasteiger partial charge >= 0.3 is 11.9 Å². The predicted molar refractivity (Wildman–Crippen MR) is 106 cm³/mol. The lowest BCUT2D eigenvalue weighted by Crippen LogP contribution is -2.48. The zero-order chi connectivity index (χ0) is 22.1. The molecule has 2 aromatic rings. The molecular formula is C21H23FN2O6. The van der Waals surface area contributed by atoms with Crippen molar-refractivity contribution in [2.24, 2.45) is 0 Å². The molecular weight excluding hydrogens is 395 g/mol. The summed E-state index contributed by atoms with van der Waals surface area (Å²) in [5.74, 6) is -3.06. The number of hydrogen-bond donors (Lipinski definition) is 2. The fraction of sp³-hybridized carbons (Fsp3) is 0.286. The molecule has 1 heterocycles. The normalized spacial score (nSPS) is 13.7. The number of aliphatic carboxylic acids is 2. The van der Waals surface area contributed by atoms with E-state index in [9.17, 15) is 9.18 Å². The highest BCUT2D eigenvalue weighted by Gasteiger charge is 2.22. The molecule has 2 aromatic carbocycles. The summed E-state index contributed by atoms with van der Waals surface area (Å²) < 4.78 is 18.1. The molecule has 1 aliphatic heterocycles. The molecule has 2 N–H and O–H groups in total. The number of carboxylic acid groups (broad SMARTS) is 2. The Morgan fingerprint density at radius 2 is 1.43 bits per heavy atom. The van der Waals surface area contributed by atoms with Gasteiger partial charge in [-0.05, 0) is 42.0 Å². The number of carbonyl (C=O) groups excluding carboxylic acids is 1. The molecule has 1 aliphatic rings. The minimum absolute atomic E-state index is 0.0547. The Kier molecular flexibility index (Phi) is 8.30. The molecule has 0 spiro atoms. The van der Waals surface area contributed by atoms with Gasteiger partial charge in [0.25, 0.3) is 5.91 Å². The Labute approximate surface area is 173 Å². The molecule has 0 radical (unpaired) electrons. The molecule has 0 aromatic heterocycles. The third-order valence-electron chi connectivity index (χ3n) is 4.50. The highest BCUT2D eigenvalue weighted by atomic mass is 19.1. The summed E-state index contributed by atoms with van der Waals surface area (Å²) in [7, 11) is 1.61. The maximum atomic E-state index is 12.9. The van der Waals surface area contributed by atoms with E-state index in [1.807, 2.05) is 17.0 Å². The molecule has 9 heteroatoms. The second-order valence-electron chi connectivity index (χ2n) is 6.53. The quantitative estimate of drug-likeness (QED) is 0.731. The number of halogens is 1. The first kappa shape index (κ1) is 22.8. The summed E-state index contributed by atoms with van der Waals surface area (Å²) in [6, 6.07) is 13.8. The maximum absolute atomic E-state index is 12.9. The first-order valence-corrected chi connectivity index (χ1v) is 9.16. The number of piperazine rings is 1. The summed E-state index contributed by atoms with van der Waals surface area (Å²) in [6.07, 6.45) is 0. The van der Waals surface area contributed by atoms with Crippen LogP contribution in [0.1, 0.15) is 15.9 Å². The summed E-state index contributed by atoms with van der Waals surface area (Å²) in [6.45, 7) is 3.82. The molecule has 0 atom stereocenters. The van der Waals surface area contributed by atoms with Gasteiger partial charge in [0.1, 0.15) is 11.6 Å². The second-order valence-corrected chi connectivity index (χ2v) is 6.53. The molecule has 0 bridgehead atoms. The van der Waals surface area contributed by atoms with E-state index in [2.05, 4.69) is 4.90 Å². The number of carboxylic acids is 2. The van der Waals surface area contributed by atoms with E-state index in [1.165, 1.54) is 12.1 Å². The van der Waals surface area contributed by atoms with E-state index >= 15 is 0 Å².